The van der Waals surface area contributed by atoms with E-state index in [0.717, 1.165) is 5.56 Å². The summed E-state index contributed by atoms with van der Waals surface area (Å²) in [7, 11) is 0. The molecule has 2 N–H and O–H groups in total. The van der Waals surface area contributed by atoms with Crippen molar-refractivity contribution in [1.29, 1.82) is 0 Å². The first-order valence-electron chi connectivity index (χ1n) is 5.52. The van der Waals surface area contributed by atoms with E-state index in [1.807, 2.05) is 19.1 Å². The van der Waals surface area contributed by atoms with Crippen molar-refractivity contribution in [2.45, 2.75) is 13.0 Å². The highest BCUT2D eigenvalue weighted by molar-refractivity contribution is 5.87. The number of hydrogen-bond donors (Lipinski definition) is 2. The van der Waals surface area contributed by atoms with Gasteiger partial charge in [-0.3, -0.25) is 4.98 Å². The predicted molar refractivity (Wildman–Crippen MR) is 67.5 cm³/mol. The summed E-state index contributed by atoms with van der Waals surface area (Å²) in [6.45, 7) is 1.99. The van der Waals surface area contributed by atoms with Gasteiger partial charge in [-0.05, 0) is 30.7 Å². The molecule has 1 atom stereocenters. The molecule has 0 spiro atoms. The summed E-state index contributed by atoms with van der Waals surface area (Å²) in [5.74, 6) is -0.342. The molecule has 0 saturated carbocycles. The zero-order valence-electron chi connectivity index (χ0n) is 9.87. The number of nitrogens with one attached hydrogen (secondary N) is 1. The molecule has 1 unspecified atom stereocenters. The van der Waals surface area contributed by atoms with Crippen LogP contribution in [0.4, 0.5) is 5.82 Å². The minimum atomic E-state index is -0.977. The summed E-state index contributed by atoms with van der Waals surface area (Å²) in [5.41, 5.74) is 1.22. The Balaban J connectivity index is 2.08. The fourth-order valence-electron chi connectivity index (χ4n) is 1.54. The van der Waals surface area contributed by atoms with E-state index < -0.39 is 5.97 Å². The number of carboxylic acids is 1. The van der Waals surface area contributed by atoms with Crippen LogP contribution in [0.5, 0.6) is 0 Å². The van der Waals surface area contributed by atoms with Crippen molar-refractivity contribution in [3.63, 3.8) is 0 Å². The first-order chi connectivity index (χ1) is 8.66. The van der Waals surface area contributed by atoms with E-state index in [-0.39, 0.29) is 11.6 Å². The molecule has 5 heteroatoms. The molecule has 0 aliphatic rings. The number of nitrogens with zero attached hydrogens (tertiary/aromatic N) is 2. The molecule has 5 nitrogen and oxygen atoms in total. The van der Waals surface area contributed by atoms with E-state index in [4.69, 9.17) is 5.11 Å². The maximum absolute atomic E-state index is 10.7. The Morgan fingerprint density at radius 1 is 1.33 bits per heavy atom. The number of anilines is 1. The molecule has 0 amide bonds. The molecule has 2 heterocycles. The molecule has 0 aliphatic carbocycles. The van der Waals surface area contributed by atoms with E-state index in [1.165, 1.54) is 12.3 Å². The van der Waals surface area contributed by atoms with Gasteiger partial charge in [-0.1, -0.05) is 6.07 Å². The van der Waals surface area contributed by atoms with Crippen LogP contribution in [0.25, 0.3) is 0 Å². The Morgan fingerprint density at radius 3 is 2.72 bits per heavy atom. The minimum Gasteiger partial charge on any atom is -0.478 e. The third-order valence-electron chi connectivity index (χ3n) is 2.56. The molecule has 0 radical (unpaired) electrons. The molecule has 0 bridgehead atoms. The lowest BCUT2D eigenvalue weighted by molar-refractivity contribution is 0.0696. The molecule has 0 aromatic carbocycles. The van der Waals surface area contributed by atoms with Crippen molar-refractivity contribution in [3.05, 3.63) is 54.0 Å². The molecule has 0 aliphatic heterocycles. The molecular weight excluding hydrogens is 230 g/mol. The van der Waals surface area contributed by atoms with Crippen LogP contribution in [0, 0.1) is 0 Å². The topological polar surface area (TPSA) is 75.1 Å². The van der Waals surface area contributed by atoms with Gasteiger partial charge in [0.05, 0.1) is 11.6 Å². The van der Waals surface area contributed by atoms with Crippen molar-refractivity contribution >= 4 is 11.8 Å². The lowest BCUT2D eigenvalue weighted by atomic mass is 10.1. The van der Waals surface area contributed by atoms with Gasteiger partial charge in [0.1, 0.15) is 5.82 Å². The monoisotopic (exact) mass is 243 g/mol. The maximum Gasteiger partial charge on any atom is 0.337 e. The number of rotatable bonds is 4. The molecule has 2 rings (SSSR count). The van der Waals surface area contributed by atoms with Crippen LogP contribution in [0.2, 0.25) is 0 Å². The summed E-state index contributed by atoms with van der Waals surface area (Å²) in [5, 5.41) is 11.9. The van der Waals surface area contributed by atoms with Crippen molar-refractivity contribution in [2.75, 3.05) is 5.32 Å². The van der Waals surface area contributed by atoms with E-state index in [0.29, 0.717) is 5.82 Å². The second kappa shape index (κ2) is 5.27. The molecule has 92 valence electrons. The van der Waals surface area contributed by atoms with E-state index in [9.17, 15) is 4.79 Å². The summed E-state index contributed by atoms with van der Waals surface area (Å²) < 4.78 is 0. The maximum atomic E-state index is 10.7. The molecule has 2 aromatic heterocycles. The van der Waals surface area contributed by atoms with Crippen LogP contribution >= 0.6 is 0 Å². The molecular formula is C13H13N3O2. The smallest absolute Gasteiger partial charge is 0.337 e. The van der Waals surface area contributed by atoms with Gasteiger partial charge in [0, 0.05) is 18.6 Å². The van der Waals surface area contributed by atoms with Crippen molar-refractivity contribution < 1.29 is 9.90 Å². The highest BCUT2D eigenvalue weighted by Gasteiger charge is 2.07. The number of carboxylic acid groups (broad SMARTS) is 1. The Labute approximate surface area is 105 Å². The van der Waals surface area contributed by atoms with Crippen molar-refractivity contribution in [2.24, 2.45) is 0 Å². The van der Waals surface area contributed by atoms with Gasteiger partial charge in [0.2, 0.25) is 0 Å². The molecule has 18 heavy (non-hydrogen) atoms. The van der Waals surface area contributed by atoms with Crippen LogP contribution in [0.3, 0.4) is 0 Å². The van der Waals surface area contributed by atoms with Gasteiger partial charge in [0.15, 0.2) is 0 Å². The van der Waals surface area contributed by atoms with E-state index in [2.05, 4.69) is 15.3 Å². The quantitative estimate of drug-likeness (QED) is 0.862. The average molecular weight is 243 g/mol. The Kier molecular flexibility index (Phi) is 3.52. The fourth-order valence-corrected chi connectivity index (χ4v) is 1.54. The van der Waals surface area contributed by atoms with Crippen LogP contribution in [0.1, 0.15) is 28.9 Å². The SMILES string of the molecule is CC(Nc1ccc(C(=O)O)cn1)c1cccnc1. The van der Waals surface area contributed by atoms with E-state index in [1.54, 1.807) is 18.5 Å². The number of hydrogen-bond acceptors (Lipinski definition) is 4. The fraction of sp³-hybridized carbons (Fsp3) is 0.154. The van der Waals surface area contributed by atoms with Crippen LogP contribution in [-0.4, -0.2) is 21.0 Å². The number of aromatic carboxylic acids is 1. The number of carbonyl (C=O) groups is 1. The molecule has 2 aromatic rings. The summed E-state index contributed by atoms with van der Waals surface area (Å²) in [6.07, 6.45) is 4.83. The average Bonchev–Trinajstić information content (AvgIpc) is 2.40. The van der Waals surface area contributed by atoms with Gasteiger partial charge in [-0.15, -0.1) is 0 Å². The summed E-state index contributed by atoms with van der Waals surface area (Å²) >= 11 is 0. The lowest BCUT2D eigenvalue weighted by Crippen LogP contribution is -2.08. The third kappa shape index (κ3) is 2.82. The summed E-state index contributed by atoms with van der Waals surface area (Å²) in [6, 6.07) is 7.07. The Bertz CT molecular complexity index is 526. The van der Waals surface area contributed by atoms with Gasteiger partial charge in [0.25, 0.3) is 0 Å². The highest BCUT2D eigenvalue weighted by Crippen LogP contribution is 2.16. The molecule has 0 saturated heterocycles. The second-order valence-electron chi connectivity index (χ2n) is 3.89. The number of pyridine rings is 2. The van der Waals surface area contributed by atoms with Gasteiger partial charge in [-0.2, -0.15) is 0 Å². The first kappa shape index (κ1) is 12.0. The predicted octanol–water partition coefficient (Wildman–Crippen LogP) is 2.35. The zero-order chi connectivity index (χ0) is 13.0. The van der Waals surface area contributed by atoms with Crippen LogP contribution < -0.4 is 5.32 Å². The second-order valence-corrected chi connectivity index (χ2v) is 3.89. The standard InChI is InChI=1S/C13H13N3O2/c1-9(10-3-2-6-14-7-10)16-12-5-4-11(8-15-12)13(17)18/h2-9H,1H3,(H,15,16)(H,17,18). The van der Waals surface area contributed by atoms with Crippen LogP contribution in [-0.2, 0) is 0 Å². The minimum absolute atomic E-state index is 0.0573. The molecule has 0 fully saturated rings. The lowest BCUT2D eigenvalue weighted by Gasteiger charge is -2.14. The van der Waals surface area contributed by atoms with Gasteiger partial charge >= 0.3 is 5.97 Å². The van der Waals surface area contributed by atoms with E-state index >= 15 is 0 Å². The largest absolute Gasteiger partial charge is 0.478 e. The third-order valence-corrected chi connectivity index (χ3v) is 2.56. The van der Waals surface area contributed by atoms with Gasteiger partial charge < -0.3 is 10.4 Å². The first-order valence-corrected chi connectivity index (χ1v) is 5.52. The van der Waals surface area contributed by atoms with Crippen LogP contribution in [0.15, 0.2) is 42.9 Å². The zero-order valence-corrected chi connectivity index (χ0v) is 9.87. The summed E-state index contributed by atoms with van der Waals surface area (Å²) in [4.78, 5) is 18.8. The highest BCUT2D eigenvalue weighted by atomic mass is 16.4. The number of aromatic nitrogens is 2. The van der Waals surface area contributed by atoms with Crippen molar-refractivity contribution in [1.82, 2.24) is 9.97 Å². The van der Waals surface area contributed by atoms with Gasteiger partial charge in [-0.25, -0.2) is 9.78 Å². The Hall–Kier alpha value is -2.43. The normalized spacial score (nSPS) is 11.8. The Morgan fingerprint density at radius 2 is 2.17 bits per heavy atom. The van der Waals surface area contributed by atoms with Crippen molar-refractivity contribution in [3.8, 4) is 0 Å².